The smallest absolute Gasteiger partial charge is 0.358 e. The van der Waals surface area contributed by atoms with Gasteiger partial charge in [0.1, 0.15) is 16.5 Å². The summed E-state index contributed by atoms with van der Waals surface area (Å²) in [6.07, 6.45) is 4.37. The molecule has 0 saturated carbocycles. The average Bonchev–Trinajstić information content (AvgIpc) is 3.18. The van der Waals surface area contributed by atoms with Crippen molar-refractivity contribution in [1.29, 1.82) is 0 Å². The molecule has 0 fully saturated rings. The predicted octanol–water partition coefficient (Wildman–Crippen LogP) is 5.57. The molecule has 0 bridgehead atoms. The van der Waals surface area contributed by atoms with E-state index in [-0.39, 0.29) is 30.4 Å². The van der Waals surface area contributed by atoms with Crippen LogP contribution in [-0.4, -0.2) is 40.7 Å². The van der Waals surface area contributed by atoms with Gasteiger partial charge in [0, 0.05) is 17.9 Å². The lowest BCUT2D eigenvalue weighted by molar-refractivity contribution is -0.144. The van der Waals surface area contributed by atoms with Crippen LogP contribution in [0.3, 0.4) is 0 Å². The molecule has 2 aromatic rings. The number of aromatic nitrogens is 2. The number of esters is 2. The largest absolute Gasteiger partial charge is 0.465 e. The molecule has 0 amide bonds. The van der Waals surface area contributed by atoms with Gasteiger partial charge < -0.3 is 9.47 Å². The summed E-state index contributed by atoms with van der Waals surface area (Å²) in [7, 11) is 0. The Labute approximate surface area is 191 Å². The fraction of sp³-hybridized carbons (Fsp3) is 0.522. The summed E-state index contributed by atoms with van der Waals surface area (Å²) >= 11 is 1.22. The number of hydrogen-bond acceptors (Lipinski definition) is 6. The molecule has 6 nitrogen and oxygen atoms in total. The van der Waals surface area contributed by atoms with Crippen molar-refractivity contribution in [2.24, 2.45) is 5.92 Å². The molecule has 1 unspecified atom stereocenters. The van der Waals surface area contributed by atoms with Gasteiger partial charge in [0.2, 0.25) is 0 Å². The van der Waals surface area contributed by atoms with Crippen molar-refractivity contribution in [3.8, 4) is 5.69 Å². The van der Waals surface area contributed by atoms with E-state index >= 15 is 0 Å². The van der Waals surface area contributed by atoms with E-state index in [0.717, 1.165) is 37.8 Å². The Bertz CT molecular complexity index is 904. The molecule has 0 spiro atoms. The molecule has 0 aliphatic heterocycles. The van der Waals surface area contributed by atoms with Crippen molar-refractivity contribution < 1.29 is 27.8 Å². The van der Waals surface area contributed by atoms with Crippen LogP contribution in [0.1, 0.15) is 63.4 Å². The quantitative estimate of drug-likeness (QED) is 0.283. The van der Waals surface area contributed by atoms with E-state index in [1.165, 1.54) is 28.6 Å². The van der Waals surface area contributed by atoms with E-state index in [1.807, 2.05) is 0 Å². The van der Waals surface area contributed by atoms with Crippen molar-refractivity contribution in [3.63, 3.8) is 0 Å². The second-order valence-electron chi connectivity index (χ2n) is 7.29. The van der Waals surface area contributed by atoms with Crippen LogP contribution in [0.25, 0.3) is 5.69 Å². The van der Waals surface area contributed by atoms with Crippen LogP contribution in [-0.2, 0) is 14.3 Å². The number of rotatable bonds is 13. The van der Waals surface area contributed by atoms with Gasteiger partial charge in [-0.05, 0) is 31.4 Å². The third-order valence-electron chi connectivity index (χ3n) is 4.88. The number of benzene rings is 1. The van der Waals surface area contributed by atoms with Crippen molar-refractivity contribution in [2.75, 3.05) is 19.0 Å². The van der Waals surface area contributed by atoms with Crippen molar-refractivity contribution in [1.82, 2.24) is 9.78 Å². The van der Waals surface area contributed by atoms with Gasteiger partial charge in [-0.1, -0.05) is 33.1 Å². The van der Waals surface area contributed by atoms with Gasteiger partial charge >= 0.3 is 11.9 Å². The van der Waals surface area contributed by atoms with Crippen LogP contribution in [0, 0.1) is 17.6 Å². The number of thioether (sulfide) groups is 1. The predicted molar refractivity (Wildman–Crippen MR) is 119 cm³/mol. The molecule has 1 heterocycles. The van der Waals surface area contributed by atoms with E-state index in [9.17, 15) is 18.4 Å². The minimum absolute atomic E-state index is 0.00219. The number of halogens is 2. The number of ether oxygens (including phenoxy) is 2. The van der Waals surface area contributed by atoms with Gasteiger partial charge in [0.15, 0.2) is 11.5 Å². The van der Waals surface area contributed by atoms with E-state index in [2.05, 4.69) is 18.9 Å². The first kappa shape index (κ1) is 25.8. The van der Waals surface area contributed by atoms with Crippen LogP contribution in [0.2, 0.25) is 0 Å². The van der Waals surface area contributed by atoms with Gasteiger partial charge in [-0.25, -0.2) is 18.3 Å². The molecule has 1 atom stereocenters. The zero-order valence-electron chi connectivity index (χ0n) is 18.7. The van der Waals surface area contributed by atoms with E-state index in [0.29, 0.717) is 23.3 Å². The number of hydrogen-bond donors (Lipinski definition) is 0. The van der Waals surface area contributed by atoms with Gasteiger partial charge in [-0.2, -0.15) is 5.10 Å². The monoisotopic (exact) mass is 468 g/mol. The second-order valence-corrected chi connectivity index (χ2v) is 8.41. The van der Waals surface area contributed by atoms with Gasteiger partial charge in [-0.3, -0.25) is 4.79 Å². The maximum atomic E-state index is 14.3. The molecule has 1 aromatic carbocycles. The highest BCUT2D eigenvalue weighted by molar-refractivity contribution is 7.99. The Morgan fingerprint density at radius 3 is 2.59 bits per heavy atom. The van der Waals surface area contributed by atoms with Gasteiger partial charge in [0.25, 0.3) is 0 Å². The molecule has 9 heteroatoms. The van der Waals surface area contributed by atoms with Crippen LogP contribution in [0.15, 0.2) is 29.3 Å². The maximum absolute atomic E-state index is 14.3. The summed E-state index contributed by atoms with van der Waals surface area (Å²) in [6.45, 7) is 6.46. The molecule has 0 radical (unpaired) electrons. The van der Waals surface area contributed by atoms with E-state index < -0.39 is 17.6 Å². The highest BCUT2D eigenvalue weighted by Crippen LogP contribution is 2.26. The number of carbonyl (C=O) groups excluding carboxylic acids is 2. The normalized spacial score (nSPS) is 11.9. The molecule has 0 saturated heterocycles. The fourth-order valence-electron chi connectivity index (χ4n) is 3.02. The van der Waals surface area contributed by atoms with Gasteiger partial charge in [-0.15, -0.1) is 11.8 Å². The molecule has 2 rings (SSSR count). The van der Waals surface area contributed by atoms with Crippen molar-refractivity contribution >= 4 is 23.7 Å². The lowest BCUT2D eigenvalue weighted by Gasteiger charge is -2.14. The highest BCUT2D eigenvalue weighted by Gasteiger charge is 2.19. The Kier molecular flexibility index (Phi) is 10.7. The first-order valence-electron chi connectivity index (χ1n) is 10.9. The van der Waals surface area contributed by atoms with E-state index in [4.69, 9.17) is 9.47 Å². The summed E-state index contributed by atoms with van der Waals surface area (Å²) < 4.78 is 39.2. The van der Waals surface area contributed by atoms with Crippen LogP contribution in [0.4, 0.5) is 8.78 Å². The molecule has 0 aliphatic carbocycles. The number of carbonyl (C=O) groups is 2. The Hall–Kier alpha value is -2.42. The third-order valence-corrected chi connectivity index (χ3v) is 5.87. The molecular weight excluding hydrogens is 438 g/mol. The summed E-state index contributed by atoms with van der Waals surface area (Å²) in [5.41, 5.74) is -0.00361. The van der Waals surface area contributed by atoms with Gasteiger partial charge in [0.05, 0.1) is 19.6 Å². The van der Waals surface area contributed by atoms with Crippen molar-refractivity contribution in [3.05, 3.63) is 41.6 Å². The molecule has 1 aromatic heterocycles. The SMILES string of the molecule is CCCCC(CC)COC(=O)CCSc1cc(C(=O)OCC)nn1-c1ccc(F)cc1F. The molecule has 176 valence electrons. The van der Waals surface area contributed by atoms with Crippen LogP contribution in [0.5, 0.6) is 0 Å². The minimum atomic E-state index is -0.817. The van der Waals surface area contributed by atoms with E-state index in [1.54, 1.807) is 6.92 Å². The second kappa shape index (κ2) is 13.2. The zero-order chi connectivity index (χ0) is 23.5. The number of nitrogens with zero attached hydrogens (tertiary/aromatic N) is 2. The summed E-state index contributed by atoms with van der Waals surface area (Å²) in [6, 6.07) is 4.56. The minimum Gasteiger partial charge on any atom is -0.465 e. The summed E-state index contributed by atoms with van der Waals surface area (Å²) in [5.74, 6) is -1.78. The topological polar surface area (TPSA) is 70.4 Å². The molecule has 0 N–H and O–H groups in total. The first-order valence-corrected chi connectivity index (χ1v) is 11.9. The Morgan fingerprint density at radius 2 is 1.94 bits per heavy atom. The van der Waals surface area contributed by atoms with Crippen molar-refractivity contribution in [2.45, 2.75) is 57.9 Å². The molecular formula is C23H30F2N2O4S. The Morgan fingerprint density at radius 1 is 1.16 bits per heavy atom. The first-order chi connectivity index (χ1) is 15.4. The zero-order valence-corrected chi connectivity index (χ0v) is 19.6. The average molecular weight is 469 g/mol. The highest BCUT2D eigenvalue weighted by atomic mass is 32.2. The molecule has 32 heavy (non-hydrogen) atoms. The third kappa shape index (κ3) is 7.62. The summed E-state index contributed by atoms with van der Waals surface area (Å²) in [5, 5.41) is 4.56. The van der Waals surface area contributed by atoms with Crippen LogP contribution < -0.4 is 0 Å². The lowest BCUT2D eigenvalue weighted by Crippen LogP contribution is -2.14. The van der Waals surface area contributed by atoms with Crippen LogP contribution >= 0.6 is 11.8 Å². The standard InChI is InChI=1S/C23H30F2N2O4S/c1-4-7-8-16(5-2)15-31-22(28)11-12-32-21-14-19(23(29)30-6-3)26-27(21)20-10-9-17(24)13-18(20)25/h9-10,13-14,16H,4-8,11-12,15H2,1-3H3. The lowest BCUT2D eigenvalue weighted by atomic mass is 10.0. The Balaban J connectivity index is 2.05. The fourth-order valence-corrected chi connectivity index (χ4v) is 3.95. The summed E-state index contributed by atoms with van der Waals surface area (Å²) in [4.78, 5) is 24.2. The maximum Gasteiger partial charge on any atom is 0.358 e. The number of unbranched alkanes of at least 4 members (excludes halogenated alkanes) is 1. The molecule has 0 aliphatic rings.